The van der Waals surface area contributed by atoms with Crippen LogP contribution in [0.5, 0.6) is 0 Å². The molecule has 0 radical (unpaired) electrons. The Morgan fingerprint density at radius 1 is 1.24 bits per heavy atom. The maximum atomic E-state index is 13.1. The molecule has 1 aromatic heterocycles. The van der Waals surface area contributed by atoms with Crippen LogP contribution in [0.4, 0.5) is 4.39 Å². The maximum Gasteiger partial charge on any atom is 0.138 e. The van der Waals surface area contributed by atoms with Crippen LogP contribution in [-0.4, -0.2) is 27.9 Å². The minimum Gasteiger partial charge on any atom is -0.316 e. The van der Waals surface area contributed by atoms with Crippen molar-refractivity contribution in [3.63, 3.8) is 0 Å². The van der Waals surface area contributed by atoms with Crippen LogP contribution in [0.25, 0.3) is 0 Å². The lowest BCUT2D eigenvalue weighted by molar-refractivity contribution is 0.525. The summed E-state index contributed by atoms with van der Waals surface area (Å²) < 4.78 is 15.1. The van der Waals surface area contributed by atoms with E-state index in [9.17, 15) is 4.39 Å². The number of aromatic nitrogens is 3. The zero-order valence-corrected chi connectivity index (χ0v) is 12.7. The SMILES string of the molecule is CCCn1ncnc1CC(CNCC)c1ccc(F)cc1. The van der Waals surface area contributed by atoms with Crippen molar-refractivity contribution in [1.29, 1.82) is 0 Å². The Morgan fingerprint density at radius 3 is 2.67 bits per heavy atom. The van der Waals surface area contributed by atoms with E-state index in [1.807, 2.05) is 16.8 Å². The summed E-state index contributed by atoms with van der Waals surface area (Å²) in [6, 6.07) is 6.76. The lowest BCUT2D eigenvalue weighted by atomic mass is 9.95. The van der Waals surface area contributed by atoms with Gasteiger partial charge in [-0.1, -0.05) is 26.0 Å². The molecule has 2 rings (SSSR count). The molecular formula is C16H23FN4. The maximum absolute atomic E-state index is 13.1. The van der Waals surface area contributed by atoms with E-state index in [1.165, 1.54) is 12.1 Å². The third-order valence-electron chi connectivity index (χ3n) is 3.54. The van der Waals surface area contributed by atoms with Crippen molar-refractivity contribution in [1.82, 2.24) is 20.1 Å². The lowest BCUT2D eigenvalue weighted by Gasteiger charge is -2.18. The molecule has 0 aliphatic rings. The average Bonchev–Trinajstić information content (AvgIpc) is 2.92. The van der Waals surface area contributed by atoms with Gasteiger partial charge >= 0.3 is 0 Å². The summed E-state index contributed by atoms with van der Waals surface area (Å²) in [5, 5.41) is 7.65. The van der Waals surface area contributed by atoms with Gasteiger partial charge in [0.15, 0.2) is 0 Å². The van der Waals surface area contributed by atoms with Crippen LogP contribution in [0.3, 0.4) is 0 Å². The van der Waals surface area contributed by atoms with Crippen molar-refractivity contribution in [2.75, 3.05) is 13.1 Å². The second-order valence-corrected chi connectivity index (χ2v) is 5.16. The van der Waals surface area contributed by atoms with Gasteiger partial charge in [0.25, 0.3) is 0 Å². The van der Waals surface area contributed by atoms with Crippen molar-refractivity contribution in [2.24, 2.45) is 0 Å². The molecule has 0 saturated carbocycles. The molecule has 4 nitrogen and oxygen atoms in total. The Morgan fingerprint density at radius 2 is 2.00 bits per heavy atom. The first kappa shape index (κ1) is 15.6. The lowest BCUT2D eigenvalue weighted by Crippen LogP contribution is -2.24. The fourth-order valence-corrected chi connectivity index (χ4v) is 2.43. The van der Waals surface area contributed by atoms with Crippen LogP contribution < -0.4 is 5.32 Å². The number of nitrogens with one attached hydrogen (secondary N) is 1. The van der Waals surface area contributed by atoms with E-state index < -0.39 is 0 Å². The average molecular weight is 290 g/mol. The Hall–Kier alpha value is -1.75. The van der Waals surface area contributed by atoms with Gasteiger partial charge in [0.1, 0.15) is 18.0 Å². The molecule has 5 heteroatoms. The highest BCUT2D eigenvalue weighted by Crippen LogP contribution is 2.20. The highest BCUT2D eigenvalue weighted by Gasteiger charge is 2.15. The van der Waals surface area contributed by atoms with E-state index in [2.05, 4.69) is 29.2 Å². The molecule has 0 aliphatic carbocycles. The number of benzene rings is 1. The van der Waals surface area contributed by atoms with E-state index in [-0.39, 0.29) is 11.7 Å². The smallest absolute Gasteiger partial charge is 0.138 e. The van der Waals surface area contributed by atoms with Gasteiger partial charge in [-0.3, -0.25) is 4.68 Å². The van der Waals surface area contributed by atoms with E-state index >= 15 is 0 Å². The van der Waals surface area contributed by atoms with Crippen LogP contribution in [0, 0.1) is 5.82 Å². The van der Waals surface area contributed by atoms with Gasteiger partial charge < -0.3 is 5.32 Å². The molecule has 114 valence electrons. The monoisotopic (exact) mass is 290 g/mol. The zero-order valence-electron chi connectivity index (χ0n) is 12.7. The Labute approximate surface area is 125 Å². The quantitative estimate of drug-likeness (QED) is 0.813. The van der Waals surface area contributed by atoms with Crippen LogP contribution in [-0.2, 0) is 13.0 Å². The van der Waals surface area contributed by atoms with Gasteiger partial charge in [0.05, 0.1) is 0 Å². The standard InChI is InChI=1S/C16H23FN4/c1-3-9-21-16(19-12-20-21)10-14(11-18-4-2)13-5-7-15(17)8-6-13/h5-8,12,14,18H,3-4,9-11H2,1-2H3. The molecule has 0 saturated heterocycles. The van der Waals surface area contributed by atoms with Crippen molar-refractivity contribution in [3.8, 4) is 0 Å². The predicted molar refractivity (Wildman–Crippen MR) is 81.7 cm³/mol. The van der Waals surface area contributed by atoms with Crippen molar-refractivity contribution >= 4 is 0 Å². The summed E-state index contributed by atoms with van der Waals surface area (Å²) in [5.74, 6) is 1.06. The van der Waals surface area contributed by atoms with Gasteiger partial charge in [0.2, 0.25) is 0 Å². The predicted octanol–water partition coefficient (Wildman–Crippen LogP) is 2.76. The summed E-state index contributed by atoms with van der Waals surface area (Å²) in [7, 11) is 0. The normalized spacial score (nSPS) is 12.5. The first-order chi connectivity index (χ1) is 10.2. The Kier molecular flexibility index (Phi) is 5.87. The van der Waals surface area contributed by atoms with Crippen LogP contribution in [0.1, 0.15) is 37.6 Å². The first-order valence-corrected chi connectivity index (χ1v) is 7.57. The van der Waals surface area contributed by atoms with E-state index in [1.54, 1.807) is 6.33 Å². The minimum absolute atomic E-state index is 0.199. The van der Waals surface area contributed by atoms with Crippen LogP contribution in [0.15, 0.2) is 30.6 Å². The summed E-state index contributed by atoms with van der Waals surface area (Å²) >= 11 is 0. The van der Waals surface area contributed by atoms with Gasteiger partial charge in [-0.2, -0.15) is 5.10 Å². The summed E-state index contributed by atoms with van der Waals surface area (Å²) in [6.07, 6.45) is 3.45. The van der Waals surface area contributed by atoms with Gasteiger partial charge in [0, 0.05) is 25.4 Å². The number of aryl methyl sites for hydroxylation is 1. The first-order valence-electron chi connectivity index (χ1n) is 7.57. The Balaban J connectivity index is 2.15. The number of rotatable bonds is 8. The molecular weight excluding hydrogens is 267 g/mol. The highest BCUT2D eigenvalue weighted by atomic mass is 19.1. The number of hydrogen-bond acceptors (Lipinski definition) is 3. The molecule has 1 N–H and O–H groups in total. The molecule has 21 heavy (non-hydrogen) atoms. The molecule has 0 spiro atoms. The molecule has 0 amide bonds. The van der Waals surface area contributed by atoms with E-state index in [0.717, 1.165) is 43.9 Å². The molecule has 1 aromatic carbocycles. The number of halogens is 1. The number of nitrogens with zero attached hydrogens (tertiary/aromatic N) is 3. The summed E-state index contributed by atoms with van der Waals surface area (Å²) in [4.78, 5) is 4.38. The van der Waals surface area contributed by atoms with Gasteiger partial charge in [-0.15, -0.1) is 0 Å². The molecule has 1 unspecified atom stereocenters. The van der Waals surface area contributed by atoms with E-state index in [0.29, 0.717) is 0 Å². The van der Waals surface area contributed by atoms with Gasteiger partial charge in [-0.25, -0.2) is 9.37 Å². The van der Waals surface area contributed by atoms with E-state index in [4.69, 9.17) is 0 Å². The Bertz CT molecular complexity index is 535. The van der Waals surface area contributed by atoms with Crippen molar-refractivity contribution < 1.29 is 4.39 Å². The van der Waals surface area contributed by atoms with Crippen LogP contribution >= 0.6 is 0 Å². The fourth-order valence-electron chi connectivity index (χ4n) is 2.43. The molecule has 0 bridgehead atoms. The second kappa shape index (κ2) is 7.88. The molecule has 0 aliphatic heterocycles. The van der Waals surface area contributed by atoms with Crippen molar-refractivity contribution in [3.05, 3.63) is 47.8 Å². The summed E-state index contributed by atoms with van der Waals surface area (Å²) in [5.41, 5.74) is 1.13. The number of hydrogen-bond donors (Lipinski definition) is 1. The third-order valence-corrected chi connectivity index (χ3v) is 3.54. The molecule has 0 fully saturated rings. The molecule has 2 aromatic rings. The molecule has 1 atom stereocenters. The zero-order chi connectivity index (χ0) is 15.1. The third kappa shape index (κ3) is 4.36. The minimum atomic E-state index is -0.199. The second-order valence-electron chi connectivity index (χ2n) is 5.16. The van der Waals surface area contributed by atoms with Gasteiger partial charge in [-0.05, 0) is 30.7 Å². The molecule has 1 heterocycles. The highest BCUT2D eigenvalue weighted by molar-refractivity contribution is 5.22. The fraction of sp³-hybridized carbons (Fsp3) is 0.500. The topological polar surface area (TPSA) is 42.7 Å². The van der Waals surface area contributed by atoms with Crippen molar-refractivity contribution in [2.45, 2.75) is 39.2 Å². The summed E-state index contributed by atoms with van der Waals surface area (Å²) in [6.45, 7) is 6.86. The van der Waals surface area contributed by atoms with Crippen LogP contribution in [0.2, 0.25) is 0 Å². The number of likely N-dealkylation sites (N-methyl/N-ethyl adjacent to an activating group) is 1. The largest absolute Gasteiger partial charge is 0.316 e.